The third-order valence-electron chi connectivity index (χ3n) is 6.44. The minimum Gasteiger partial charge on any atom is -0.207 e. The molecule has 3 aromatic rings. The van der Waals surface area contributed by atoms with Crippen molar-refractivity contribution in [2.24, 2.45) is 0 Å². The fraction of sp³-hybridized carbons (Fsp3) is 0.333. The molecule has 5 heteroatoms. The maximum absolute atomic E-state index is 15.2. The van der Waals surface area contributed by atoms with Gasteiger partial charge in [-0.15, -0.1) is 0 Å². The molecule has 0 bridgehead atoms. The molecule has 32 heavy (non-hydrogen) atoms. The second-order valence-corrected chi connectivity index (χ2v) is 8.53. The predicted octanol–water partition coefficient (Wildman–Crippen LogP) is 8.05. The van der Waals surface area contributed by atoms with Gasteiger partial charge in [-0.2, -0.15) is 0 Å². The Morgan fingerprint density at radius 1 is 0.844 bits per heavy atom. The van der Waals surface area contributed by atoms with Gasteiger partial charge in [0.2, 0.25) is 0 Å². The van der Waals surface area contributed by atoms with Crippen molar-refractivity contribution < 1.29 is 22.0 Å². The fourth-order valence-electron chi connectivity index (χ4n) is 4.67. The number of unbranched alkanes of at least 4 members (excludes halogenated alkanes) is 2. The van der Waals surface area contributed by atoms with E-state index in [1.54, 1.807) is 12.1 Å². The van der Waals surface area contributed by atoms with Crippen LogP contribution in [0.3, 0.4) is 0 Å². The second-order valence-electron chi connectivity index (χ2n) is 8.53. The predicted molar refractivity (Wildman–Crippen MR) is 116 cm³/mol. The Labute approximate surface area is 185 Å². The number of aryl methyl sites for hydroxylation is 1. The fourth-order valence-corrected chi connectivity index (χ4v) is 4.67. The Hall–Kier alpha value is -2.69. The van der Waals surface area contributed by atoms with Gasteiger partial charge in [-0.3, -0.25) is 0 Å². The van der Waals surface area contributed by atoms with E-state index in [-0.39, 0.29) is 29.0 Å². The summed E-state index contributed by atoms with van der Waals surface area (Å²) in [6, 6.07) is 9.54. The SMILES string of the molecule is CCCCCc1ccc(C2CCc3c(cc(F)c(-c4ccc(F)cc4)c3F)C2)c(F)c1F. The van der Waals surface area contributed by atoms with Gasteiger partial charge in [0, 0.05) is 0 Å². The standard InChI is InChI=1S/C27H25F5/c1-2-3-4-5-17-8-12-21(27(32)25(17)30)18-9-13-22-19(14-18)15-23(29)24(26(22)31)16-6-10-20(28)11-7-16/h6-8,10-12,15,18H,2-5,9,13-14H2,1H3. The van der Waals surface area contributed by atoms with Crippen molar-refractivity contribution in [2.45, 2.75) is 57.8 Å². The molecule has 0 aliphatic heterocycles. The molecule has 1 aliphatic rings. The third kappa shape index (κ3) is 4.30. The first-order chi connectivity index (χ1) is 15.4. The van der Waals surface area contributed by atoms with E-state index in [9.17, 15) is 17.6 Å². The molecule has 0 nitrogen and oxygen atoms in total. The Morgan fingerprint density at radius 2 is 1.59 bits per heavy atom. The van der Waals surface area contributed by atoms with Gasteiger partial charge < -0.3 is 0 Å². The summed E-state index contributed by atoms with van der Waals surface area (Å²) in [7, 11) is 0. The summed E-state index contributed by atoms with van der Waals surface area (Å²) in [5, 5.41) is 0. The highest BCUT2D eigenvalue weighted by atomic mass is 19.2. The van der Waals surface area contributed by atoms with Crippen LogP contribution in [-0.4, -0.2) is 0 Å². The van der Waals surface area contributed by atoms with Crippen molar-refractivity contribution in [3.8, 4) is 11.1 Å². The van der Waals surface area contributed by atoms with Crippen LogP contribution in [0.2, 0.25) is 0 Å². The van der Waals surface area contributed by atoms with Gasteiger partial charge in [-0.05, 0) is 84.0 Å². The Balaban J connectivity index is 1.62. The summed E-state index contributed by atoms with van der Waals surface area (Å²) in [5.41, 5.74) is 1.56. The molecule has 1 unspecified atom stereocenters. The molecule has 4 rings (SSSR count). The largest absolute Gasteiger partial charge is 0.207 e. The second kappa shape index (κ2) is 9.43. The van der Waals surface area contributed by atoms with E-state index in [1.165, 1.54) is 18.2 Å². The van der Waals surface area contributed by atoms with Gasteiger partial charge in [0.25, 0.3) is 0 Å². The van der Waals surface area contributed by atoms with Crippen LogP contribution in [0.15, 0.2) is 42.5 Å². The van der Waals surface area contributed by atoms with Crippen molar-refractivity contribution in [1.29, 1.82) is 0 Å². The van der Waals surface area contributed by atoms with E-state index in [0.29, 0.717) is 36.0 Å². The van der Waals surface area contributed by atoms with Gasteiger partial charge >= 0.3 is 0 Å². The van der Waals surface area contributed by atoms with Gasteiger partial charge in [-0.25, -0.2) is 22.0 Å². The summed E-state index contributed by atoms with van der Waals surface area (Å²) >= 11 is 0. The molecule has 0 aromatic heterocycles. The number of halogens is 5. The first kappa shape index (κ1) is 22.5. The molecule has 0 saturated heterocycles. The van der Waals surface area contributed by atoms with Crippen molar-refractivity contribution in [3.63, 3.8) is 0 Å². The normalized spacial score (nSPS) is 15.6. The smallest absolute Gasteiger partial charge is 0.162 e. The molecule has 0 amide bonds. The lowest BCUT2D eigenvalue weighted by molar-refractivity contribution is 0.461. The van der Waals surface area contributed by atoms with Crippen LogP contribution in [0.5, 0.6) is 0 Å². The van der Waals surface area contributed by atoms with Gasteiger partial charge in [0.1, 0.15) is 17.5 Å². The lowest BCUT2D eigenvalue weighted by Gasteiger charge is -2.27. The molecule has 0 spiro atoms. The molecule has 168 valence electrons. The van der Waals surface area contributed by atoms with Crippen LogP contribution in [0.1, 0.15) is 60.8 Å². The molecular weight excluding hydrogens is 419 g/mol. The van der Waals surface area contributed by atoms with E-state index in [0.717, 1.165) is 31.4 Å². The van der Waals surface area contributed by atoms with E-state index in [4.69, 9.17) is 0 Å². The summed E-state index contributed by atoms with van der Waals surface area (Å²) in [5.74, 6) is -3.91. The third-order valence-corrected chi connectivity index (χ3v) is 6.44. The molecule has 0 fully saturated rings. The first-order valence-electron chi connectivity index (χ1n) is 11.1. The summed E-state index contributed by atoms with van der Waals surface area (Å²) in [6.07, 6.45) is 4.21. The summed E-state index contributed by atoms with van der Waals surface area (Å²) in [4.78, 5) is 0. The average molecular weight is 444 g/mol. The number of fused-ring (bicyclic) bond motifs is 1. The maximum atomic E-state index is 15.2. The molecule has 0 N–H and O–H groups in total. The van der Waals surface area contributed by atoms with Gasteiger partial charge in [0.15, 0.2) is 11.6 Å². The summed E-state index contributed by atoms with van der Waals surface area (Å²) in [6.45, 7) is 2.05. The Morgan fingerprint density at radius 3 is 2.31 bits per heavy atom. The highest BCUT2D eigenvalue weighted by Crippen LogP contribution is 2.39. The van der Waals surface area contributed by atoms with Gasteiger partial charge in [0.05, 0.1) is 5.56 Å². The van der Waals surface area contributed by atoms with Crippen molar-refractivity contribution in [3.05, 3.63) is 93.8 Å². The number of hydrogen-bond donors (Lipinski definition) is 0. The van der Waals surface area contributed by atoms with Crippen LogP contribution in [-0.2, 0) is 19.3 Å². The number of rotatable bonds is 6. The molecule has 0 saturated carbocycles. The maximum Gasteiger partial charge on any atom is 0.162 e. The number of hydrogen-bond acceptors (Lipinski definition) is 0. The van der Waals surface area contributed by atoms with Gasteiger partial charge in [-0.1, -0.05) is 44.0 Å². The quantitative estimate of drug-likeness (QED) is 0.266. The average Bonchev–Trinajstić information content (AvgIpc) is 2.78. The number of benzene rings is 3. The Kier molecular flexibility index (Phi) is 6.63. The zero-order chi connectivity index (χ0) is 22.8. The highest BCUT2D eigenvalue weighted by Gasteiger charge is 2.29. The van der Waals surface area contributed by atoms with Crippen LogP contribution in [0, 0.1) is 29.1 Å². The lowest BCUT2D eigenvalue weighted by Crippen LogP contribution is -2.17. The Bertz CT molecular complexity index is 1120. The summed E-state index contributed by atoms with van der Waals surface area (Å²) < 4.78 is 72.7. The van der Waals surface area contributed by atoms with Crippen molar-refractivity contribution in [2.75, 3.05) is 0 Å². The highest BCUT2D eigenvalue weighted by molar-refractivity contribution is 5.67. The van der Waals surface area contributed by atoms with E-state index >= 15 is 4.39 Å². The molecule has 1 aliphatic carbocycles. The molecular formula is C27H25F5. The lowest BCUT2D eigenvalue weighted by atomic mass is 9.78. The molecule has 0 heterocycles. The first-order valence-corrected chi connectivity index (χ1v) is 11.1. The monoisotopic (exact) mass is 444 g/mol. The topological polar surface area (TPSA) is 0 Å². The zero-order valence-corrected chi connectivity index (χ0v) is 18.0. The van der Waals surface area contributed by atoms with E-state index in [2.05, 4.69) is 6.92 Å². The van der Waals surface area contributed by atoms with Crippen LogP contribution < -0.4 is 0 Å². The minimum absolute atomic E-state index is 0.184. The van der Waals surface area contributed by atoms with Crippen LogP contribution in [0.4, 0.5) is 22.0 Å². The zero-order valence-electron chi connectivity index (χ0n) is 18.0. The van der Waals surface area contributed by atoms with Crippen molar-refractivity contribution in [1.82, 2.24) is 0 Å². The van der Waals surface area contributed by atoms with Crippen molar-refractivity contribution >= 4 is 0 Å². The minimum atomic E-state index is -0.851. The molecule has 1 atom stereocenters. The van der Waals surface area contributed by atoms with E-state index < -0.39 is 29.1 Å². The molecule has 0 radical (unpaired) electrons. The van der Waals surface area contributed by atoms with Crippen LogP contribution >= 0.6 is 0 Å². The van der Waals surface area contributed by atoms with Crippen LogP contribution in [0.25, 0.3) is 11.1 Å². The molecule has 3 aromatic carbocycles. The van der Waals surface area contributed by atoms with E-state index in [1.807, 2.05) is 0 Å².